The average molecular weight is 312 g/mol. The molecule has 2 N–H and O–H groups in total. The smallest absolute Gasteiger partial charge is 0.259 e. The van der Waals surface area contributed by atoms with Gasteiger partial charge in [0.1, 0.15) is 13.2 Å². The van der Waals surface area contributed by atoms with Gasteiger partial charge in [0, 0.05) is 12.2 Å². The Labute approximate surface area is 135 Å². The molecule has 3 rings (SSSR count). The van der Waals surface area contributed by atoms with Crippen molar-refractivity contribution in [3.05, 3.63) is 53.6 Å². The summed E-state index contributed by atoms with van der Waals surface area (Å²) in [6.45, 7) is 4.70. The number of nitrogens with one attached hydrogen (secondary N) is 2. The van der Waals surface area contributed by atoms with Crippen LogP contribution in [0.2, 0.25) is 0 Å². The molecule has 23 heavy (non-hydrogen) atoms. The van der Waals surface area contributed by atoms with E-state index in [2.05, 4.69) is 17.6 Å². The van der Waals surface area contributed by atoms with Crippen molar-refractivity contribution in [2.75, 3.05) is 25.1 Å². The maximum absolute atomic E-state index is 12.5. The van der Waals surface area contributed by atoms with Crippen LogP contribution in [0.3, 0.4) is 0 Å². The van der Waals surface area contributed by atoms with Gasteiger partial charge in [0.15, 0.2) is 11.5 Å². The Kier molecular flexibility index (Phi) is 4.78. The first-order valence-corrected chi connectivity index (χ1v) is 7.77. The van der Waals surface area contributed by atoms with Crippen molar-refractivity contribution in [3.63, 3.8) is 0 Å². The van der Waals surface area contributed by atoms with Crippen molar-refractivity contribution in [2.45, 2.75) is 13.5 Å². The number of hydrogen-bond acceptors (Lipinski definition) is 4. The van der Waals surface area contributed by atoms with Gasteiger partial charge in [-0.3, -0.25) is 4.79 Å². The van der Waals surface area contributed by atoms with Gasteiger partial charge in [0.25, 0.3) is 5.91 Å². The molecule has 1 aliphatic rings. The van der Waals surface area contributed by atoms with E-state index in [1.807, 2.05) is 30.3 Å². The number of benzene rings is 2. The van der Waals surface area contributed by atoms with Crippen molar-refractivity contribution in [1.29, 1.82) is 0 Å². The second-order valence-corrected chi connectivity index (χ2v) is 5.26. The van der Waals surface area contributed by atoms with Crippen LogP contribution < -0.4 is 20.1 Å². The molecular weight excluding hydrogens is 292 g/mol. The van der Waals surface area contributed by atoms with E-state index >= 15 is 0 Å². The van der Waals surface area contributed by atoms with Crippen LogP contribution >= 0.6 is 0 Å². The lowest BCUT2D eigenvalue weighted by Crippen LogP contribution is -2.20. The van der Waals surface area contributed by atoms with Gasteiger partial charge in [-0.25, -0.2) is 0 Å². The molecule has 0 saturated heterocycles. The zero-order chi connectivity index (χ0) is 16.1. The van der Waals surface area contributed by atoms with Gasteiger partial charge in [-0.05, 0) is 36.4 Å². The maximum atomic E-state index is 12.5. The quantitative estimate of drug-likeness (QED) is 0.891. The third-order valence-electron chi connectivity index (χ3n) is 3.57. The van der Waals surface area contributed by atoms with E-state index in [0.717, 1.165) is 24.3 Å². The van der Waals surface area contributed by atoms with Crippen LogP contribution in [0.4, 0.5) is 5.69 Å². The minimum atomic E-state index is -0.201. The van der Waals surface area contributed by atoms with Crippen molar-refractivity contribution in [1.82, 2.24) is 5.32 Å². The van der Waals surface area contributed by atoms with E-state index in [9.17, 15) is 4.79 Å². The summed E-state index contributed by atoms with van der Waals surface area (Å²) in [5, 5.41) is 6.19. The molecule has 0 fully saturated rings. The Balaban J connectivity index is 1.77. The van der Waals surface area contributed by atoms with E-state index in [1.165, 1.54) is 0 Å². The first-order chi connectivity index (χ1) is 11.3. The van der Waals surface area contributed by atoms with Crippen LogP contribution in [0.5, 0.6) is 11.5 Å². The van der Waals surface area contributed by atoms with E-state index in [1.54, 1.807) is 12.1 Å². The molecule has 0 aromatic heterocycles. The summed E-state index contributed by atoms with van der Waals surface area (Å²) in [6, 6.07) is 13.1. The SMILES string of the molecule is CCNCc1cccc(NC(=O)c2cccc3c2OCCO3)c1. The topological polar surface area (TPSA) is 59.6 Å². The Bertz CT molecular complexity index is 700. The minimum absolute atomic E-state index is 0.201. The van der Waals surface area contributed by atoms with E-state index < -0.39 is 0 Å². The van der Waals surface area contributed by atoms with Gasteiger partial charge < -0.3 is 20.1 Å². The first-order valence-electron chi connectivity index (χ1n) is 7.77. The Morgan fingerprint density at radius 3 is 2.83 bits per heavy atom. The zero-order valence-corrected chi connectivity index (χ0v) is 13.1. The second kappa shape index (κ2) is 7.15. The molecule has 0 saturated carbocycles. The van der Waals surface area contributed by atoms with Gasteiger partial charge in [0.2, 0.25) is 0 Å². The monoisotopic (exact) mass is 312 g/mol. The van der Waals surface area contributed by atoms with Crippen LogP contribution in [0.25, 0.3) is 0 Å². The fourth-order valence-corrected chi connectivity index (χ4v) is 2.48. The summed E-state index contributed by atoms with van der Waals surface area (Å²) in [6.07, 6.45) is 0. The zero-order valence-electron chi connectivity index (χ0n) is 13.1. The number of hydrogen-bond donors (Lipinski definition) is 2. The van der Waals surface area contributed by atoms with Crippen LogP contribution in [0.1, 0.15) is 22.8 Å². The molecule has 1 heterocycles. The standard InChI is InChI=1S/C18H20N2O3/c1-2-19-12-13-5-3-6-14(11-13)20-18(21)15-7-4-8-16-17(15)23-10-9-22-16/h3-8,11,19H,2,9-10,12H2,1H3,(H,20,21). The molecule has 0 atom stereocenters. The number of carbonyl (C=O) groups excluding carboxylic acids is 1. The van der Waals surface area contributed by atoms with Crippen LogP contribution in [0, 0.1) is 0 Å². The number of anilines is 1. The number of fused-ring (bicyclic) bond motifs is 1. The molecule has 0 aliphatic carbocycles. The molecule has 0 unspecified atom stereocenters. The third-order valence-corrected chi connectivity index (χ3v) is 3.57. The largest absolute Gasteiger partial charge is 0.486 e. The summed E-state index contributed by atoms with van der Waals surface area (Å²) in [5.41, 5.74) is 2.37. The normalized spacial score (nSPS) is 12.7. The highest BCUT2D eigenvalue weighted by Crippen LogP contribution is 2.33. The molecule has 2 aromatic carbocycles. The van der Waals surface area contributed by atoms with Crippen molar-refractivity contribution >= 4 is 11.6 Å². The molecule has 0 spiro atoms. The molecular formula is C18H20N2O3. The molecule has 1 aliphatic heterocycles. The lowest BCUT2D eigenvalue weighted by atomic mass is 10.1. The van der Waals surface area contributed by atoms with Crippen molar-refractivity contribution in [3.8, 4) is 11.5 Å². The lowest BCUT2D eigenvalue weighted by molar-refractivity contribution is 0.101. The minimum Gasteiger partial charge on any atom is -0.486 e. The van der Waals surface area contributed by atoms with Crippen molar-refractivity contribution in [2.24, 2.45) is 0 Å². The van der Waals surface area contributed by atoms with Gasteiger partial charge in [-0.1, -0.05) is 25.1 Å². The maximum Gasteiger partial charge on any atom is 0.259 e. The number of rotatable bonds is 5. The number of carbonyl (C=O) groups is 1. The summed E-state index contributed by atoms with van der Waals surface area (Å²) >= 11 is 0. The average Bonchev–Trinajstić information content (AvgIpc) is 2.59. The third kappa shape index (κ3) is 3.63. The van der Waals surface area contributed by atoms with E-state index in [-0.39, 0.29) is 5.91 Å². The van der Waals surface area contributed by atoms with E-state index in [0.29, 0.717) is 30.3 Å². The number of para-hydroxylation sites is 1. The number of amides is 1. The summed E-state index contributed by atoms with van der Waals surface area (Å²) in [4.78, 5) is 12.5. The van der Waals surface area contributed by atoms with Gasteiger partial charge in [-0.15, -0.1) is 0 Å². The highest BCUT2D eigenvalue weighted by atomic mass is 16.6. The van der Waals surface area contributed by atoms with Gasteiger partial charge >= 0.3 is 0 Å². The van der Waals surface area contributed by atoms with Gasteiger partial charge in [-0.2, -0.15) is 0 Å². The predicted molar refractivity (Wildman–Crippen MR) is 89.2 cm³/mol. The first kappa shape index (κ1) is 15.4. The fourth-order valence-electron chi connectivity index (χ4n) is 2.48. The van der Waals surface area contributed by atoms with E-state index in [4.69, 9.17) is 9.47 Å². The Morgan fingerprint density at radius 2 is 1.96 bits per heavy atom. The fraction of sp³-hybridized carbons (Fsp3) is 0.278. The lowest BCUT2D eigenvalue weighted by Gasteiger charge is -2.20. The van der Waals surface area contributed by atoms with Crippen LogP contribution in [0.15, 0.2) is 42.5 Å². The number of ether oxygens (including phenoxy) is 2. The molecule has 0 radical (unpaired) electrons. The van der Waals surface area contributed by atoms with Gasteiger partial charge in [0.05, 0.1) is 5.56 Å². The summed E-state index contributed by atoms with van der Waals surface area (Å²) < 4.78 is 11.1. The highest BCUT2D eigenvalue weighted by molar-refractivity contribution is 6.06. The van der Waals surface area contributed by atoms with Crippen LogP contribution in [-0.2, 0) is 6.54 Å². The molecule has 5 heteroatoms. The Hall–Kier alpha value is -2.53. The molecule has 5 nitrogen and oxygen atoms in total. The van der Waals surface area contributed by atoms with Crippen LogP contribution in [-0.4, -0.2) is 25.7 Å². The Morgan fingerprint density at radius 1 is 1.13 bits per heavy atom. The molecule has 1 amide bonds. The highest BCUT2D eigenvalue weighted by Gasteiger charge is 2.20. The molecule has 120 valence electrons. The molecule has 0 bridgehead atoms. The second-order valence-electron chi connectivity index (χ2n) is 5.26. The molecule has 2 aromatic rings. The summed E-state index contributed by atoms with van der Waals surface area (Å²) in [5.74, 6) is 0.929. The summed E-state index contributed by atoms with van der Waals surface area (Å²) in [7, 11) is 0. The van der Waals surface area contributed by atoms with Crippen molar-refractivity contribution < 1.29 is 14.3 Å². The predicted octanol–water partition coefficient (Wildman–Crippen LogP) is 2.82.